The van der Waals surface area contributed by atoms with Gasteiger partial charge in [0.05, 0.1) is 22.0 Å². The van der Waals surface area contributed by atoms with Crippen molar-refractivity contribution in [3.05, 3.63) is 26.6 Å². The Balaban J connectivity index is 2.75. The average Bonchev–Trinajstić information content (AvgIpc) is 2.20. The maximum absolute atomic E-state index is 11.9. The fourth-order valence-corrected chi connectivity index (χ4v) is 2.51. The van der Waals surface area contributed by atoms with E-state index in [1.54, 1.807) is 0 Å². The number of carbonyl (C=O) groups excluding carboxylic acids is 1. The highest BCUT2D eigenvalue weighted by molar-refractivity contribution is 9.11. The molecule has 0 atom stereocenters. The molecule has 0 radical (unpaired) electrons. The topological polar surface area (TPSA) is 26.3 Å². The summed E-state index contributed by atoms with van der Waals surface area (Å²) in [7, 11) is 0. The van der Waals surface area contributed by atoms with E-state index in [-0.39, 0.29) is 5.75 Å². The molecule has 0 aliphatic heterocycles. The van der Waals surface area contributed by atoms with E-state index in [2.05, 4.69) is 31.9 Å². The smallest absolute Gasteiger partial charge is 0.392 e. The Hall–Kier alpha value is -0.560. The summed E-state index contributed by atoms with van der Waals surface area (Å²) in [6.07, 6.45) is -4.64. The van der Waals surface area contributed by atoms with Crippen LogP contribution in [0.5, 0.6) is 5.75 Å². The van der Waals surface area contributed by atoms with Crippen molar-refractivity contribution in [2.75, 3.05) is 6.61 Å². The standard InChI is InChI=1S/C10H7Br2F3O2/c11-7-3-6(5-16)4-8(12)9(7)17-2-1-10(13,14)15/h3-5H,1-2H2. The number of alkyl halides is 3. The number of rotatable bonds is 4. The van der Waals surface area contributed by atoms with E-state index in [0.29, 0.717) is 20.8 Å². The van der Waals surface area contributed by atoms with Crippen LogP contribution in [-0.4, -0.2) is 19.1 Å². The summed E-state index contributed by atoms with van der Waals surface area (Å²) in [6, 6.07) is 2.95. The Bertz CT molecular complexity index is 395. The van der Waals surface area contributed by atoms with Crippen molar-refractivity contribution in [1.29, 1.82) is 0 Å². The second-order valence-electron chi connectivity index (χ2n) is 3.15. The molecule has 0 saturated carbocycles. The fraction of sp³-hybridized carbons (Fsp3) is 0.300. The second-order valence-corrected chi connectivity index (χ2v) is 4.85. The third-order valence-electron chi connectivity index (χ3n) is 1.79. The summed E-state index contributed by atoms with van der Waals surface area (Å²) in [5, 5.41) is 0. The van der Waals surface area contributed by atoms with Gasteiger partial charge in [0.2, 0.25) is 0 Å². The van der Waals surface area contributed by atoms with Gasteiger partial charge in [-0.2, -0.15) is 13.2 Å². The molecule has 0 unspecified atom stereocenters. The molecule has 1 rings (SSSR count). The SMILES string of the molecule is O=Cc1cc(Br)c(OCCC(F)(F)F)c(Br)c1. The van der Waals surface area contributed by atoms with Crippen LogP contribution >= 0.6 is 31.9 Å². The number of aldehydes is 1. The molecule has 7 heteroatoms. The molecule has 1 aromatic rings. The van der Waals surface area contributed by atoms with Crippen molar-refractivity contribution >= 4 is 38.1 Å². The lowest BCUT2D eigenvalue weighted by molar-refractivity contribution is -0.139. The van der Waals surface area contributed by atoms with Gasteiger partial charge in [-0.15, -0.1) is 0 Å². The fourth-order valence-electron chi connectivity index (χ4n) is 1.05. The number of halogens is 5. The minimum atomic E-state index is -4.25. The zero-order valence-corrected chi connectivity index (χ0v) is 11.5. The van der Waals surface area contributed by atoms with E-state index in [1.165, 1.54) is 12.1 Å². The number of hydrogen-bond acceptors (Lipinski definition) is 2. The number of carbonyl (C=O) groups is 1. The molecule has 0 amide bonds. The van der Waals surface area contributed by atoms with E-state index >= 15 is 0 Å². The molecule has 17 heavy (non-hydrogen) atoms. The van der Waals surface area contributed by atoms with Gasteiger partial charge in [0, 0.05) is 5.56 Å². The molecule has 1 aromatic carbocycles. The molecule has 0 aromatic heterocycles. The normalized spacial score (nSPS) is 11.4. The van der Waals surface area contributed by atoms with Crippen molar-refractivity contribution in [3.63, 3.8) is 0 Å². The van der Waals surface area contributed by atoms with Crippen molar-refractivity contribution < 1.29 is 22.7 Å². The first-order valence-corrected chi connectivity index (χ1v) is 6.06. The van der Waals surface area contributed by atoms with Crippen molar-refractivity contribution in [2.45, 2.75) is 12.6 Å². The Labute approximate surface area is 112 Å². The van der Waals surface area contributed by atoms with Gasteiger partial charge in [0.15, 0.2) is 0 Å². The average molecular weight is 376 g/mol. The van der Waals surface area contributed by atoms with Gasteiger partial charge >= 0.3 is 6.18 Å². The van der Waals surface area contributed by atoms with Crippen LogP contribution in [0.15, 0.2) is 21.1 Å². The van der Waals surface area contributed by atoms with Gasteiger partial charge in [0.25, 0.3) is 0 Å². The van der Waals surface area contributed by atoms with Crippen molar-refractivity contribution in [1.82, 2.24) is 0 Å². The molecule has 0 N–H and O–H groups in total. The van der Waals surface area contributed by atoms with E-state index in [1.807, 2.05) is 0 Å². The highest BCUT2D eigenvalue weighted by Gasteiger charge is 2.27. The lowest BCUT2D eigenvalue weighted by Gasteiger charge is -2.12. The summed E-state index contributed by atoms with van der Waals surface area (Å²) >= 11 is 6.25. The highest BCUT2D eigenvalue weighted by Crippen LogP contribution is 2.35. The molecule has 0 spiro atoms. The quantitative estimate of drug-likeness (QED) is 0.731. The third kappa shape index (κ3) is 4.67. The van der Waals surface area contributed by atoms with Gasteiger partial charge in [-0.25, -0.2) is 0 Å². The molecule has 0 fully saturated rings. The Morgan fingerprint density at radius 2 is 1.76 bits per heavy atom. The molecule has 0 heterocycles. The van der Waals surface area contributed by atoms with Gasteiger partial charge in [0.1, 0.15) is 12.0 Å². The predicted octanol–water partition coefficient (Wildman–Crippen LogP) is 4.36. The Morgan fingerprint density at radius 1 is 1.24 bits per heavy atom. The summed E-state index contributed by atoms with van der Waals surface area (Å²) in [5.41, 5.74) is 0.395. The van der Waals surface area contributed by atoms with Crippen LogP contribution in [0.4, 0.5) is 13.2 Å². The molecule has 0 aliphatic carbocycles. The zero-order chi connectivity index (χ0) is 13.1. The maximum atomic E-state index is 11.9. The van der Waals surface area contributed by atoms with Crippen LogP contribution in [0.3, 0.4) is 0 Å². The first kappa shape index (κ1) is 14.5. The zero-order valence-electron chi connectivity index (χ0n) is 8.35. The molecular formula is C10H7Br2F3O2. The molecule has 2 nitrogen and oxygen atoms in total. The van der Waals surface area contributed by atoms with Gasteiger partial charge in [-0.3, -0.25) is 4.79 Å². The van der Waals surface area contributed by atoms with Crippen LogP contribution in [0, 0.1) is 0 Å². The third-order valence-corrected chi connectivity index (χ3v) is 2.97. The second kappa shape index (κ2) is 5.86. The van der Waals surface area contributed by atoms with Crippen LogP contribution in [0.1, 0.15) is 16.8 Å². The lowest BCUT2D eigenvalue weighted by Crippen LogP contribution is -2.13. The molecule has 0 saturated heterocycles. The summed E-state index contributed by atoms with van der Waals surface area (Å²) in [5.74, 6) is 0.250. The van der Waals surface area contributed by atoms with Gasteiger partial charge in [-0.1, -0.05) is 0 Å². The lowest BCUT2D eigenvalue weighted by atomic mass is 10.2. The van der Waals surface area contributed by atoms with E-state index in [9.17, 15) is 18.0 Å². The predicted molar refractivity (Wildman–Crippen MR) is 63.4 cm³/mol. The Morgan fingerprint density at radius 3 is 2.18 bits per heavy atom. The maximum Gasteiger partial charge on any atom is 0.392 e. The van der Waals surface area contributed by atoms with E-state index in [0.717, 1.165) is 0 Å². The van der Waals surface area contributed by atoms with Gasteiger partial charge in [-0.05, 0) is 44.0 Å². The van der Waals surface area contributed by atoms with Crippen molar-refractivity contribution in [3.8, 4) is 5.75 Å². The van der Waals surface area contributed by atoms with Crippen LogP contribution in [-0.2, 0) is 0 Å². The first-order valence-electron chi connectivity index (χ1n) is 4.47. The van der Waals surface area contributed by atoms with E-state index < -0.39 is 19.2 Å². The Kier molecular flexibility index (Phi) is 5.00. The van der Waals surface area contributed by atoms with E-state index in [4.69, 9.17) is 4.74 Å². The van der Waals surface area contributed by atoms with Gasteiger partial charge < -0.3 is 4.74 Å². The van der Waals surface area contributed by atoms with Crippen LogP contribution in [0.25, 0.3) is 0 Å². The molecular weight excluding hydrogens is 369 g/mol. The first-order chi connectivity index (χ1) is 7.83. The number of hydrogen-bond donors (Lipinski definition) is 0. The monoisotopic (exact) mass is 374 g/mol. The molecule has 0 aliphatic rings. The number of ether oxygens (including phenoxy) is 1. The minimum absolute atomic E-state index is 0.250. The molecule has 0 bridgehead atoms. The van der Waals surface area contributed by atoms with Crippen molar-refractivity contribution in [2.24, 2.45) is 0 Å². The van der Waals surface area contributed by atoms with Crippen LogP contribution in [0.2, 0.25) is 0 Å². The largest absolute Gasteiger partial charge is 0.491 e. The highest BCUT2D eigenvalue weighted by atomic mass is 79.9. The minimum Gasteiger partial charge on any atom is -0.491 e. The van der Waals surface area contributed by atoms with Crippen LogP contribution < -0.4 is 4.74 Å². The molecule has 94 valence electrons. The summed E-state index contributed by atoms with van der Waals surface area (Å²) in [4.78, 5) is 10.5. The summed E-state index contributed by atoms with van der Waals surface area (Å²) < 4.78 is 41.7. The number of benzene rings is 1. The summed E-state index contributed by atoms with van der Waals surface area (Å²) in [6.45, 7) is -0.471.